The van der Waals surface area contributed by atoms with Gasteiger partial charge < -0.3 is 36.6 Å². The van der Waals surface area contributed by atoms with Crippen molar-refractivity contribution in [2.45, 2.75) is 65.5 Å². The Hall–Kier alpha value is -6.73. The molecule has 6 N–H and O–H groups in total. The maximum absolute atomic E-state index is 13.0. The number of rotatable bonds is 10. The lowest BCUT2D eigenvalue weighted by molar-refractivity contribution is -0.134. The number of carbonyl (C=O) groups excluding carboxylic acids is 4. The van der Waals surface area contributed by atoms with Gasteiger partial charge in [-0.15, -0.1) is 0 Å². The molecule has 9 rings (SSSR count). The Labute approximate surface area is 371 Å². The summed E-state index contributed by atoms with van der Waals surface area (Å²) in [7, 11) is 1.56. The summed E-state index contributed by atoms with van der Waals surface area (Å²) in [4.78, 5) is 57.8. The average molecular weight is 919 g/mol. The number of hydrogen-bond donors (Lipinski definition) is 4. The molecule has 2 saturated carbocycles. The van der Waals surface area contributed by atoms with Crippen molar-refractivity contribution in [2.24, 2.45) is 33.1 Å². The first-order valence-corrected chi connectivity index (χ1v) is 21.4. The van der Waals surface area contributed by atoms with E-state index in [2.05, 4.69) is 81.6 Å². The van der Waals surface area contributed by atoms with Crippen LogP contribution in [0.1, 0.15) is 74.1 Å². The van der Waals surface area contributed by atoms with Crippen LogP contribution in [0.15, 0.2) is 59.7 Å². The molecule has 19 heteroatoms. The number of nitrogens with one attached hydrogen (secondary N) is 2. The van der Waals surface area contributed by atoms with Crippen molar-refractivity contribution < 1.29 is 23.9 Å². The van der Waals surface area contributed by atoms with E-state index in [1.807, 2.05) is 30.5 Å². The van der Waals surface area contributed by atoms with Crippen molar-refractivity contribution in [3.05, 3.63) is 70.8 Å². The van der Waals surface area contributed by atoms with Crippen LogP contribution in [0.3, 0.4) is 0 Å². The summed E-state index contributed by atoms with van der Waals surface area (Å²) < 4.78 is 9.43. The predicted molar refractivity (Wildman–Crippen MR) is 235 cm³/mol. The number of nitrogens with zero attached hydrogens (tertiary/aromatic N) is 9. The van der Waals surface area contributed by atoms with E-state index in [0.29, 0.717) is 80.2 Å². The van der Waals surface area contributed by atoms with Gasteiger partial charge in [-0.3, -0.25) is 19.2 Å². The number of primary amides is 2. The van der Waals surface area contributed by atoms with Crippen molar-refractivity contribution in [3.63, 3.8) is 0 Å². The van der Waals surface area contributed by atoms with Gasteiger partial charge in [0.15, 0.2) is 0 Å². The number of amides is 4. The number of methoxy groups -OCH3 is 1. The number of ether oxygens (including phenoxy) is 1. The lowest BCUT2D eigenvalue weighted by atomic mass is 9.87. The Morgan fingerprint density at radius 1 is 0.762 bits per heavy atom. The fourth-order valence-corrected chi connectivity index (χ4v) is 9.04. The minimum absolute atomic E-state index is 0.0900. The third kappa shape index (κ3) is 7.86. The number of fused-ring (bicyclic) bond motifs is 2. The topological polar surface area (TPSA) is 255 Å². The zero-order valence-corrected chi connectivity index (χ0v) is 37.2. The van der Waals surface area contributed by atoms with E-state index >= 15 is 0 Å². The van der Waals surface area contributed by atoms with Gasteiger partial charge in [0.05, 0.1) is 77.3 Å². The van der Waals surface area contributed by atoms with Crippen LogP contribution in [-0.2, 0) is 9.59 Å². The Bertz CT molecular complexity index is 2790. The van der Waals surface area contributed by atoms with E-state index in [4.69, 9.17) is 16.2 Å². The Kier molecular flexibility index (Phi) is 10.6. The lowest BCUT2D eigenvalue weighted by Crippen LogP contribution is -2.37. The first-order valence-electron chi connectivity index (χ1n) is 20.6. The van der Waals surface area contributed by atoms with Gasteiger partial charge >= 0.3 is 0 Å². The molecule has 63 heavy (non-hydrogen) atoms. The minimum atomic E-state index is -0.866. The molecule has 2 saturated heterocycles. The van der Waals surface area contributed by atoms with Crippen LogP contribution in [0, 0.1) is 44.3 Å². The molecule has 0 bridgehead atoms. The van der Waals surface area contributed by atoms with Crippen LogP contribution in [-0.4, -0.2) is 103 Å². The van der Waals surface area contributed by atoms with Crippen LogP contribution in [0.5, 0.6) is 5.88 Å². The second-order valence-corrected chi connectivity index (χ2v) is 19.3. The van der Waals surface area contributed by atoms with Crippen LogP contribution in [0.4, 0.5) is 11.4 Å². The number of pyridine rings is 1. The summed E-state index contributed by atoms with van der Waals surface area (Å²) in [5, 5.41) is 34.4. The van der Waals surface area contributed by atoms with Crippen molar-refractivity contribution in [2.75, 3.05) is 43.9 Å². The molecule has 7 heterocycles. The van der Waals surface area contributed by atoms with Gasteiger partial charge in [-0.2, -0.15) is 20.7 Å². The van der Waals surface area contributed by atoms with E-state index in [1.165, 1.54) is 12.4 Å². The van der Waals surface area contributed by atoms with Gasteiger partial charge in [0.2, 0.25) is 17.7 Å². The van der Waals surface area contributed by atoms with E-state index in [1.54, 1.807) is 38.3 Å². The zero-order valence-electron chi connectivity index (χ0n) is 35.6. The first-order chi connectivity index (χ1) is 29.8. The highest BCUT2D eigenvalue weighted by Gasteiger charge is 2.56. The number of hydrogen-bond acceptors (Lipinski definition) is 12. The SMILES string of the molecule is CC1(C)CN(C(=O)C2(C#N)CC2)CC1Nc1c(C(N)=O)cnn2cc(Br)cc12.COc1cc(-c2cc3c(NC4CN(C(=O)C5(C#N)CC5)CC4(C)C)c(C(N)=O)cnn3c2)ccn1. The van der Waals surface area contributed by atoms with E-state index in [-0.39, 0.29) is 40.3 Å². The molecule has 4 aliphatic rings. The molecule has 2 aliphatic heterocycles. The number of likely N-dealkylation sites (tertiary alicyclic amines) is 2. The maximum Gasteiger partial charge on any atom is 0.252 e. The summed E-state index contributed by atoms with van der Waals surface area (Å²) in [6, 6.07) is 11.6. The fourth-order valence-electron chi connectivity index (χ4n) is 8.63. The molecular formula is C44H48BrN13O5. The monoisotopic (exact) mass is 917 g/mol. The number of nitriles is 2. The number of nitrogens with two attached hydrogens (primary N) is 2. The maximum atomic E-state index is 13.0. The molecular weight excluding hydrogens is 870 g/mol. The van der Waals surface area contributed by atoms with Gasteiger partial charge in [0.25, 0.3) is 11.8 Å². The second-order valence-electron chi connectivity index (χ2n) is 18.4. The number of halogens is 1. The summed E-state index contributed by atoms with van der Waals surface area (Å²) in [5.41, 5.74) is 13.9. The Morgan fingerprint density at radius 2 is 1.24 bits per heavy atom. The minimum Gasteiger partial charge on any atom is -0.481 e. The van der Waals surface area contributed by atoms with E-state index < -0.39 is 22.6 Å². The van der Waals surface area contributed by atoms with Gasteiger partial charge in [0.1, 0.15) is 10.8 Å². The molecule has 326 valence electrons. The number of aromatic nitrogens is 5. The third-order valence-corrected chi connectivity index (χ3v) is 13.3. The van der Waals surface area contributed by atoms with Gasteiger partial charge in [-0.25, -0.2) is 14.0 Å². The molecule has 2 unspecified atom stereocenters. The normalized spacial score (nSPS) is 20.8. The molecule has 18 nitrogen and oxygen atoms in total. The standard InChI is InChI=1S/C25H27N7O3.C19H21BrN6O2/c1-24(2)14-31(23(34)25(13-26)5-6-25)12-19(24)30-21-17(22(27)33)10-29-32-11-16(8-18(21)32)15-4-7-28-20(9-15)35-3;1-18(2)10-25(17(28)19(9-21)3-4-19)8-14(18)24-15-12(16(22)27)6-23-26-7-11(20)5-13(15)26/h4,7-11,19,30H,5-6,12,14H2,1-3H3,(H2,27,33);5-7,14,24H,3-4,8,10H2,1-2H3,(H2,22,27). The van der Waals surface area contributed by atoms with Gasteiger partial charge in [-0.1, -0.05) is 27.7 Å². The molecule has 0 aromatic carbocycles. The zero-order chi connectivity index (χ0) is 45.2. The van der Waals surface area contributed by atoms with Crippen LogP contribution >= 0.6 is 15.9 Å². The quantitative estimate of drug-likeness (QED) is 0.150. The predicted octanol–water partition coefficient (Wildman–Crippen LogP) is 4.60. The summed E-state index contributed by atoms with van der Waals surface area (Å²) in [6.07, 6.45) is 10.7. The second kappa shape index (κ2) is 15.6. The molecule has 2 atom stereocenters. The molecule has 5 aromatic heterocycles. The molecule has 2 aliphatic carbocycles. The highest BCUT2D eigenvalue weighted by Crippen LogP contribution is 2.49. The van der Waals surface area contributed by atoms with Gasteiger partial charge in [0, 0.05) is 71.7 Å². The lowest BCUT2D eigenvalue weighted by Gasteiger charge is -2.28. The summed E-state index contributed by atoms with van der Waals surface area (Å²) in [6.45, 7) is 10.2. The van der Waals surface area contributed by atoms with Crippen molar-refractivity contribution in [1.29, 1.82) is 10.5 Å². The first kappa shape index (κ1) is 42.9. The molecule has 4 amide bonds. The average Bonchev–Trinajstić information content (AvgIpc) is 4.07. The number of carbonyl (C=O) groups is 4. The molecule has 4 fully saturated rings. The van der Waals surface area contributed by atoms with Crippen LogP contribution < -0.4 is 26.8 Å². The van der Waals surface area contributed by atoms with Crippen molar-refractivity contribution >= 4 is 62.0 Å². The summed E-state index contributed by atoms with van der Waals surface area (Å²) >= 11 is 3.43. The van der Waals surface area contributed by atoms with Gasteiger partial charge in [-0.05, 0) is 65.4 Å². The highest BCUT2D eigenvalue weighted by molar-refractivity contribution is 9.10. The van der Waals surface area contributed by atoms with E-state index in [0.717, 1.165) is 21.1 Å². The highest BCUT2D eigenvalue weighted by atomic mass is 79.9. The fraction of sp³-hybridized carbons (Fsp3) is 0.432. The Morgan fingerprint density at radius 3 is 1.68 bits per heavy atom. The smallest absolute Gasteiger partial charge is 0.252 e. The van der Waals surface area contributed by atoms with Crippen LogP contribution in [0.25, 0.3) is 22.2 Å². The third-order valence-electron chi connectivity index (χ3n) is 12.9. The van der Waals surface area contributed by atoms with E-state index in [9.17, 15) is 29.7 Å². The van der Waals surface area contributed by atoms with Crippen LogP contribution in [0.2, 0.25) is 0 Å². The molecule has 0 radical (unpaired) electrons. The number of anilines is 2. The molecule has 5 aromatic rings. The van der Waals surface area contributed by atoms with Crippen molar-refractivity contribution in [3.8, 4) is 29.1 Å². The summed E-state index contributed by atoms with van der Waals surface area (Å²) in [5.74, 6) is -0.872. The Balaban J connectivity index is 0.000000177. The largest absolute Gasteiger partial charge is 0.481 e. The van der Waals surface area contributed by atoms with Crippen molar-refractivity contribution in [1.82, 2.24) is 34.0 Å². The molecule has 0 spiro atoms.